The molecular weight excluding hydrogens is 416 g/mol. The zero-order valence-electron chi connectivity index (χ0n) is 20.6. The molecule has 7 heteroatoms. The monoisotopic (exact) mass is 450 g/mol. The number of nitrogens with one attached hydrogen (secondary N) is 2. The Kier molecular flexibility index (Phi) is 7.76. The molecule has 0 fully saturated rings. The zero-order chi connectivity index (χ0) is 24.1. The van der Waals surface area contributed by atoms with Crippen LogP contribution in [0.3, 0.4) is 0 Å². The molecule has 0 radical (unpaired) electrons. The first-order valence-corrected chi connectivity index (χ1v) is 11.2. The second-order valence-corrected chi connectivity index (χ2v) is 8.81. The van der Waals surface area contributed by atoms with Gasteiger partial charge in [0.05, 0.1) is 5.69 Å². The highest BCUT2D eigenvalue weighted by Crippen LogP contribution is 2.35. The number of carbonyl (C=O) groups is 1. The predicted octanol–water partition coefficient (Wildman–Crippen LogP) is 5.75. The average molecular weight is 451 g/mol. The van der Waals surface area contributed by atoms with E-state index in [4.69, 9.17) is 9.26 Å². The number of rotatable bonds is 8. The van der Waals surface area contributed by atoms with Crippen molar-refractivity contribution in [3.8, 4) is 22.6 Å². The number of nitrogens with zero attached hydrogens (tertiary/aromatic N) is 2. The molecule has 3 rings (SSSR count). The Hall–Kier alpha value is -3.32. The first kappa shape index (κ1) is 24.3. The van der Waals surface area contributed by atoms with Crippen LogP contribution in [0.2, 0.25) is 0 Å². The van der Waals surface area contributed by atoms with E-state index in [2.05, 4.69) is 26.8 Å². The smallest absolute Gasteiger partial charge is 0.319 e. The molecule has 1 aromatic heterocycles. The Morgan fingerprint density at radius 3 is 2.33 bits per heavy atom. The summed E-state index contributed by atoms with van der Waals surface area (Å²) in [6.45, 7) is 11.4. The van der Waals surface area contributed by atoms with Crippen LogP contribution in [0.4, 0.5) is 10.5 Å². The molecule has 0 saturated carbocycles. The molecule has 0 unspecified atom stereocenters. The minimum Gasteiger partial charge on any atom is -0.457 e. The second kappa shape index (κ2) is 10.5. The molecule has 1 heterocycles. The van der Waals surface area contributed by atoms with Gasteiger partial charge in [0.25, 0.3) is 0 Å². The third-order valence-electron chi connectivity index (χ3n) is 5.38. The van der Waals surface area contributed by atoms with Crippen LogP contribution in [-0.4, -0.2) is 43.3 Å². The first-order valence-electron chi connectivity index (χ1n) is 11.2. The van der Waals surface area contributed by atoms with Gasteiger partial charge >= 0.3 is 6.03 Å². The van der Waals surface area contributed by atoms with E-state index in [1.54, 1.807) is 0 Å². The van der Waals surface area contributed by atoms with Crippen LogP contribution >= 0.6 is 0 Å². The summed E-state index contributed by atoms with van der Waals surface area (Å²) in [6.07, 6.45) is 0.900. The summed E-state index contributed by atoms with van der Waals surface area (Å²) in [6, 6.07) is 9.76. The van der Waals surface area contributed by atoms with E-state index in [-0.39, 0.29) is 6.03 Å². The maximum atomic E-state index is 12.2. The third-order valence-corrected chi connectivity index (χ3v) is 5.38. The maximum absolute atomic E-state index is 12.2. The molecule has 33 heavy (non-hydrogen) atoms. The number of anilines is 1. The van der Waals surface area contributed by atoms with Crippen LogP contribution in [-0.2, 0) is 0 Å². The summed E-state index contributed by atoms with van der Waals surface area (Å²) in [5.41, 5.74) is 6.57. The minimum absolute atomic E-state index is 0.205. The minimum atomic E-state index is -0.205. The molecule has 2 amide bonds. The number of aryl methyl sites for hydroxylation is 5. The first-order chi connectivity index (χ1) is 15.6. The number of hydrogen-bond acceptors (Lipinski definition) is 5. The standard InChI is InChI=1S/C26H34N4O3/c1-16-11-21(24-19(4)29-33-20(24)5)15-23(12-16)32-25-17(2)13-22(14-18(25)3)28-26(31)27-9-8-10-30(6)7/h11-15H,8-10H2,1-7H3,(H2,27,28,31). The fraction of sp³-hybridized carbons (Fsp3) is 0.385. The summed E-state index contributed by atoms with van der Waals surface area (Å²) in [5.74, 6) is 2.31. The molecule has 3 aromatic rings. The van der Waals surface area contributed by atoms with Crippen molar-refractivity contribution in [1.82, 2.24) is 15.4 Å². The van der Waals surface area contributed by atoms with Gasteiger partial charge in [0.1, 0.15) is 17.3 Å². The summed E-state index contributed by atoms with van der Waals surface area (Å²) in [7, 11) is 4.03. The number of urea groups is 1. The van der Waals surface area contributed by atoms with Crippen LogP contribution in [0.25, 0.3) is 11.1 Å². The molecule has 0 saturated heterocycles. The lowest BCUT2D eigenvalue weighted by Crippen LogP contribution is -2.31. The normalized spacial score (nSPS) is 11.0. The SMILES string of the molecule is Cc1cc(Oc2c(C)cc(NC(=O)NCCCN(C)C)cc2C)cc(-c2c(C)noc2C)c1. The van der Waals surface area contributed by atoms with Crippen molar-refractivity contribution in [2.45, 2.75) is 41.0 Å². The quantitative estimate of drug-likeness (QED) is 0.427. The summed E-state index contributed by atoms with van der Waals surface area (Å²) in [5, 5.41) is 9.88. The molecule has 0 aliphatic carbocycles. The lowest BCUT2D eigenvalue weighted by Gasteiger charge is -2.16. The van der Waals surface area contributed by atoms with Gasteiger partial charge in [-0.05, 0) is 108 Å². The number of ether oxygens (including phenoxy) is 1. The van der Waals surface area contributed by atoms with Gasteiger partial charge in [-0.25, -0.2) is 4.79 Å². The largest absolute Gasteiger partial charge is 0.457 e. The molecule has 0 spiro atoms. The van der Waals surface area contributed by atoms with E-state index in [1.165, 1.54) is 0 Å². The van der Waals surface area contributed by atoms with Crippen LogP contribution < -0.4 is 15.4 Å². The van der Waals surface area contributed by atoms with Crippen molar-refractivity contribution in [2.24, 2.45) is 0 Å². The number of amides is 2. The molecular formula is C26H34N4O3. The van der Waals surface area contributed by atoms with Crippen LogP contribution in [0.15, 0.2) is 34.9 Å². The molecule has 0 bridgehead atoms. The Morgan fingerprint density at radius 1 is 1.03 bits per heavy atom. The topological polar surface area (TPSA) is 79.6 Å². The second-order valence-electron chi connectivity index (χ2n) is 8.81. The van der Waals surface area contributed by atoms with Crippen molar-refractivity contribution in [1.29, 1.82) is 0 Å². The highest BCUT2D eigenvalue weighted by molar-refractivity contribution is 5.89. The van der Waals surface area contributed by atoms with Gasteiger partial charge in [0, 0.05) is 17.8 Å². The summed E-state index contributed by atoms with van der Waals surface area (Å²) < 4.78 is 11.7. The molecule has 2 aromatic carbocycles. The number of hydrogen-bond donors (Lipinski definition) is 2. The summed E-state index contributed by atoms with van der Waals surface area (Å²) in [4.78, 5) is 14.3. The van der Waals surface area contributed by atoms with Gasteiger partial charge in [-0.1, -0.05) is 11.2 Å². The van der Waals surface area contributed by atoms with Gasteiger partial charge in [-0.15, -0.1) is 0 Å². The van der Waals surface area contributed by atoms with Gasteiger partial charge < -0.3 is 24.8 Å². The molecule has 0 atom stereocenters. The van der Waals surface area contributed by atoms with E-state index in [1.807, 2.05) is 73.0 Å². The van der Waals surface area contributed by atoms with Gasteiger partial charge in [-0.2, -0.15) is 0 Å². The molecule has 2 N–H and O–H groups in total. The van der Waals surface area contributed by atoms with Crippen LogP contribution in [0.5, 0.6) is 11.5 Å². The van der Waals surface area contributed by atoms with Crippen molar-refractivity contribution >= 4 is 11.7 Å². The highest BCUT2D eigenvalue weighted by atomic mass is 16.5. The molecule has 7 nitrogen and oxygen atoms in total. The van der Waals surface area contributed by atoms with E-state index < -0.39 is 0 Å². The maximum Gasteiger partial charge on any atom is 0.319 e. The summed E-state index contributed by atoms with van der Waals surface area (Å²) >= 11 is 0. The van der Waals surface area contributed by atoms with Gasteiger partial charge in [0.15, 0.2) is 0 Å². The Bertz CT molecular complexity index is 1090. The van der Waals surface area contributed by atoms with Gasteiger partial charge in [-0.3, -0.25) is 0 Å². The van der Waals surface area contributed by atoms with Crippen molar-refractivity contribution in [3.63, 3.8) is 0 Å². The van der Waals surface area contributed by atoms with Crippen molar-refractivity contribution < 1.29 is 14.1 Å². The fourth-order valence-corrected chi connectivity index (χ4v) is 3.92. The molecule has 176 valence electrons. The fourth-order valence-electron chi connectivity index (χ4n) is 3.92. The Labute approximate surface area is 196 Å². The number of benzene rings is 2. The average Bonchev–Trinajstić information content (AvgIpc) is 3.05. The molecule has 0 aliphatic rings. The van der Waals surface area contributed by atoms with Crippen LogP contribution in [0.1, 0.15) is 34.6 Å². The van der Waals surface area contributed by atoms with Crippen molar-refractivity contribution in [2.75, 3.05) is 32.5 Å². The van der Waals surface area contributed by atoms with Gasteiger partial charge in [0.2, 0.25) is 0 Å². The Morgan fingerprint density at radius 2 is 1.73 bits per heavy atom. The lowest BCUT2D eigenvalue weighted by molar-refractivity contribution is 0.251. The third kappa shape index (κ3) is 6.35. The number of carbonyl (C=O) groups excluding carboxylic acids is 1. The lowest BCUT2D eigenvalue weighted by atomic mass is 10.0. The zero-order valence-corrected chi connectivity index (χ0v) is 20.6. The Balaban J connectivity index is 1.74. The van der Waals surface area contributed by atoms with E-state index in [0.29, 0.717) is 6.54 Å². The predicted molar refractivity (Wildman–Crippen MR) is 132 cm³/mol. The number of aromatic nitrogens is 1. The van der Waals surface area contributed by atoms with Crippen molar-refractivity contribution in [3.05, 3.63) is 58.5 Å². The van der Waals surface area contributed by atoms with E-state index in [0.717, 1.165) is 69.4 Å². The highest BCUT2D eigenvalue weighted by Gasteiger charge is 2.15. The van der Waals surface area contributed by atoms with E-state index >= 15 is 0 Å². The van der Waals surface area contributed by atoms with E-state index in [9.17, 15) is 4.79 Å². The van der Waals surface area contributed by atoms with Crippen LogP contribution in [0, 0.1) is 34.6 Å². The molecule has 0 aliphatic heterocycles.